The lowest BCUT2D eigenvalue weighted by atomic mass is 10.0. The van der Waals surface area contributed by atoms with Crippen molar-refractivity contribution in [2.24, 2.45) is 0 Å². The quantitative estimate of drug-likeness (QED) is 0.304. The topological polar surface area (TPSA) is 70.9 Å². The molecule has 0 saturated carbocycles. The lowest BCUT2D eigenvalue weighted by Crippen LogP contribution is -2.19. The molecule has 4 aromatic rings. The average molecular weight is 497 g/mol. The molecule has 0 amide bonds. The van der Waals surface area contributed by atoms with Gasteiger partial charge in [0, 0.05) is 40.5 Å². The first-order chi connectivity index (χ1) is 16.5. The number of anilines is 1. The molecule has 2 aromatic carbocycles. The van der Waals surface area contributed by atoms with E-state index >= 15 is 4.39 Å². The van der Waals surface area contributed by atoms with Crippen LogP contribution in [0.15, 0.2) is 42.7 Å². The minimum absolute atomic E-state index is 0.232. The van der Waals surface area contributed by atoms with Crippen LogP contribution in [0.1, 0.15) is 56.4 Å². The largest absolute Gasteiger partial charge is 0.382 e. The zero-order valence-electron chi connectivity index (χ0n) is 20.2. The van der Waals surface area contributed by atoms with Crippen LogP contribution >= 0.6 is 11.6 Å². The van der Waals surface area contributed by atoms with Gasteiger partial charge >= 0.3 is 0 Å². The molecule has 1 atom stereocenters. The molecule has 0 bridgehead atoms. The minimum Gasteiger partial charge on any atom is -0.382 e. The number of hydrogen-bond donors (Lipinski definition) is 2. The normalized spacial score (nSPS) is 12.7. The van der Waals surface area contributed by atoms with Gasteiger partial charge in [0.2, 0.25) is 0 Å². The maximum Gasteiger partial charge on any atom is 0.159 e. The molecule has 0 aliphatic carbocycles. The number of aromatic nitrogens is 3. The highest BCUT2D eigenvalue weighted by molar-refractivity contribution is 6.35. The second-order valence-corrected chi connectivity index (χ2v) is 9.54. The summed E-state index contributed by atoms with van der Waals surface area (Å²) in [6.07, 6.45) is 3.72. The van der Waals surface area contributed by atoms with Crippen LogP contribution in [0.4, 0.5) is 14.5 Å². The first-order valence-corrected chi connectivity index (χ1v) is 11.8. The Hall–Kier alpha value is -3.16. The summed E-state index contributed by atoms with van der Waals surface area (Å²) in [7, 11) is 0. The monoisotopic (exact) mass is 496 g/mol. The number of halogens is 3. The molecule has 2 heterocycles. The van der Waals surface area contributed by atoms with Crippen LogP contribution in [-0.2, 0) is 12.0 Å². The van der Waals surface area contributed by atoms with Crippen LogP contribution in [0.5, 0.6) is 0 Å². The molecule has 182 valence electrons. The molecular formula is C27H27ClF2N4O. The fourth-order valence-corrected chi connectivity index (χ4v) is 4.17. The van der Waals surface area contributed by atoms with Gasteiger partial charge in [-0.1, -0.05) is 30.7 Å². The van der Waals surface area contributed by atoms with E-state index in [9.17, 15) is 9.50 Å². The molecule has 0 spiro atoms. The van der Waals surface area contributed by atoms with Gasteiger partial charge in [0.1, 0.15) is 17.2 Å². The summed E-state index contributed by atoms with van der Waals surface area (Å²) in [5.41, 5.74) is 2.51. The summed E-state index contributed by atoms with van der Waals surface area (Å²) >= 11 is 6.65. The van der Waals surface area contributed by atoms with Gasteiger partial charge < -0.3 is 10.4 Å². The van der Waals surface area contributed by atoms with E-state index in [-0.39, 0.29) is 17.2 Å². The van der Waals surface area contributed by atoms with Gasteiger partial charge in [0.25, 0.3) is 0 Å². The minimum atomic E-state index is -1.22. The third kappa shape index (κ3) is 4.97. The van der Waals surface area contributed by atoms with E-state index in [0.717, 1.165) is 12.0 Å². The van der Waals surface area contributed by atoms with Crippen molar-refractivity contribution in [2.45, 2.75) is 52.7 Å². The molecule has 2 N–H and O–H groups in total. The number of aliphatic hydroxyl groups is 1. The number of fused-ring (bicyclic) bond motifs is 1. The Bertz CT molecular complexity index is 1400. The summed E-state index contributed by atoms with van der Waals surface area (Å²) < 4.78 is 29.8. The van der Waals surface area contributed by atoms with Crippen LogP contribution in [0.3, 0.4) is 0 Å². The summed E-state index contributed by atoms with van der Waals surface area (Å²) in [5.74, 6) is -0.577. The molecule has 0 saturated heterocycles. The van der Waals surface area contributed by atoms with Crippen LogP contribution in [0.25, 0.3) is 22.0 Å². The molecule has 0 aliphatic rings. The van der Waals surface area contributed by atoms with E-state index in [2.05, 4.69) is 20.3 Å². The second-order valence-electron chi connectivity index (χ2n) is 9.17. The van der Waals surface area contributed by atoms with Crippen molar-refractivity contribution in [2.75, 3.05) is 5.32 Å². The first-order valence-electron chi connectivity index (χ1n) is 11.4. The Labute approximate surface area is 208 Å². The Morgan fingerprint density at radius 1 is 1.09 bits per heavy atom. The van der Waals surface area contributed by atoms with Gasteiger partial charge in [-0.25, -0.2) is 18.7 Å². The van der Waals surface area contributed by atoms with Crippen molar-refractivity contribution in [1.82, 2.24) is 15.0 Å². The van der Waals surface area contributed by atoms with E-state index in [1.54, 1.807) is 32.9 Å². The summed E-state index contributed by atoms with van der Waals surface area (Å²) in [6, 6.07) is 7.64. The zero-order chi connectivity index (χ0) is 25.5. The number of rotatable bonds is 6. The molecule has 0 unspecified atom stereocenters. The number of hydrogen-bond acceptors (Lipinski definition) is 5. The SMILES string of the molecule is CCc1ccc(F)c([C@@H](C)Nc2c(Cl)c(C)nc3cc(F)c(-c4cnc(C(C)(C)O)nc4)cc23)c1. The molecule has 0 fully saturated rings. The molecular weight excluding hydrogens is 470 g/mol. The van der Waals surface area contributed by atoms with Crippen molar-refractivity contribution >= 4 is 28.2 Å². The van der Waals surface area contributed by atoms with Crippen LogP contribution in [-0.4, -0.2) is 20.1 Å². The van der Waals surface area contributed by atoms with Crippen LogP contribution in [0.2, 0.25) is 5.02 Å². The highest BCUT2D eigenvalue weighted by Crippen LogP contribution is 2.38. The number of pyridine rings is 1. The maximum absolute atomic E-state index is 15.1. The fraction of sp³-hybridized carbons (Fsp3) is 0.296. The average Bonchev–Trinajstić information content (AvgIpc) is 2.81. The maximum atomic E-state index is 15.1. The van der Waals surface area contributed by atoms with E-state index in [1.807, 2.05) is 19.9 Å². The summed E-state index contributed by atoms with van der Waals surface area (Å²) in [6.45, 7) is 8.76. The standard InChI is InChI=1S/C27H27ClF2N4O/c1-6-16-7-8-21(29)18(9-16)14(2)34-25-20-10-19(17-12-31-26(32-13-17)27(4,5)35)22(30)11-23(20)33-15(3)24(25)28/h7-14,35H,6H2,1-5H3,(H,33,34)/t14-/m1/s1. The van der Waals surface area contributed by atoms with Crippen molar-refractivity contribution in [1.29, 1.82) is 0 Å². The van der Waals surface area contributed by atoms with Gasteiger partial charge in [-0.3, -0.25) is 4.98 Å². The Balaban J connectivity index is 1.82. The Kier molecular flexibility index (Phi) is 6.75. The van der Waals surface area contributed by atoms with E-state index in [0.29, 0.717) is 38.4 Å². The van der Waals surface area contributed by atoms with Crippen LogP contribution in [0, 0.1) is 18.6 Å². The molecule has 4 rings (SSSR count). The van der Waals surface area contributed by atoms with E-state index in [4.69, 9.17) is 11.6 Å². The third-order valence-corrected chi connectivity index (χ3v) is 6.45. The van der Waals surface area contributed by atoms with Crippen molar-refractivity contribution in [3.05, 3.63) is 82.0 Å². The smallest absolute Gasteiger partial charge is 0.159 e. The fourth-order valence-electron chi connectivity index (χ4n) is 3.97. The Morgan fingerprint density at radius 2 is 1.77 bits per heavy atom. The summed E-state index contributed by atoms with van der Waals surface area (Å²) in [4.78, 5) is 12.8. The highest BCUT2D eigenvalue weighted by atomic mass is 35.5. The molecule has 0 aliphatic heterocycles. The molecule has 5 nitrogen and oxygen atoms in total. The molecule has 8 heteroatoms. The first kappa shape index (κ1) is 24.9. The van der Waals surface area contributed by atoms with E-state index in [1.165, 1.54) is 24.5 Å². The van der Waals surface area contributed by atoms with Gasteiger partial charge in [-0.15, -0.1) is 0 Å². The molecule has 35 heavy (non-hydrogen) atoms. The van der Waals surface area contributed by atoms with E-state index < -0.39 is 17.5 Å². The van der Waals surface area contributed by atoms with Gasteiger partial charge in [-0.2, -0.15) is 0 Å². The molecule has 0 radical (unpaired) electrons. The van der Waals surface area contributed by atoms with Crippen molar-refractivity contribution in [3.8, 4) is 11.1 Å². The lowest BCUT2D eigenvalue weighted by Gasteiger charge is -2.21. The van der Waals surface area contributed by atoms with Gasteiger partial charge in [-0.05, 0) is 51.8 Å². The lowest BCUT2D eigenvalue weighted by molar-refractivity contribution is 0.0687. The van der Waals surface area contributed by atoms with Crippen LogP contribution < -0.4 is 5.32 Å². The van der Waals surface area contributed by atoms with Crippen molar-refractivity contribution < 1.29 is 13.9 Å². The van der Waals surface area contributed by atoms with Gasteiger partial charge in [0.15, 0.2) is 5.82 Å². The van der Waals surface area contributed by atoms with Gasteiger partial charge in [0.05, 0.1) is 28.0 Å². The number of aryl methyl sites for hydroxylation is 2. The predicted octanol–water partition coefficient (Wildman–Crippen LogP) is 6.89. The zero-order valence-corrected chi connectivity index (χ0v) is 21.0. The number of nitrogens with one attached hydrogen (secondary N) is 1. The molecule has 2 aromatic heterocycles. The number of benzene rings is 2. The predicted molar refractivity (Wildman–Crippen MR) is 136 cm³/mol. The number of nitrogens with zero attached hydrogens (tertiary/aromatic N) is 3. The second kappa shape index (κ2) is 9.47. The summed E-state index contributed by atoms with van der Waals surface area (Å²) in [5, 5.41) is 14.4. The van der Waals surface area contributed by atoms with Crippen molar-refractivity contribution in [3.63, 3.8) is 0 Å². The Morgan fingerprint density at radius 3 is 2.40 bits per heavy atom. The highest BCUT2D eigenvalue weighted by Gasteiger charge is 2.21. The third-order valence-electron chi connectivity index (χ3n) is 5.99.